The van der Waals surface area contributed by atoms with Crippen LogP contribution in [0.2, 0.25) is 0 Å². The molecule has 0 aliphatic carbocycles. The molecule has 0 fully saturated rings. The molecule has 0 aliphatic heterocycles. The molecule has 8 heteroatoms. The fraction of sp³-hybridized carbons (Fsp3) is 0. The summed E-state index contributed by atoms with van der Waals surface area (Å²) < 4.78 is 42.0. The van der Waals surface area contributed by atoms with E-state index >= 15 is 0 Å². The first-order valence-corrected chi connectivity index (χ1v) is 5.63. The second kappa shape index (κ2) is 6.10. The minimum Gasteiger partial charge on any atom is -0.768 e. The SMILES string of the molecule is O=S([O-])c1ccc(S)c(S(=O)[O-])c1.[Zn+2]. The zero-order chi connectivity index (χ0) is 10.0. The fourth-order valence-corrected chi connectivity index (χ4v) is 2.02. The summed E-state index contributed by atoms with van der Waals surface area (Å²) in [5.41, 5.74) is 0. The molecule has 0 radical (unpaired) electrons. The Hall–Kier alpha value is 0.413. The third kappa shape index (κ3) is 3.53. The van der Waals surface area contributed by atoms with Crippen molar-refractivity contribution in [1.29, 1.82) is 0 Å². The van der Waals surface area contributed by atoms with Crippen LogP contribution in [-0.2, 0) is 41.6 Å². The number of rotatable bonds is 2. The zero-order valence-corrected chi connectivity index (χ0v) is 12.3. The Balaban J connectivity index is 0.00000169. The van der Waals surface area contributed by atoms with Gasteiger partial charge >= 0.3 is 19.5 Å². The predicted molar refractivity (Wildman–Crippen MR) is 48.1 cm³/mol. The summed E-state index contributed by atoms with van der Waals surface area (Å²) in [6, 6.07) is 3.65. The van der Waals surface area contributed by atoms with E-state index < -0.39 is 22.2 Å². The van der Waals surface area contributed by atoms with Crippen molar-refractivity contribution in [3.05, 3.63) is 18.2 Å². The molecule has 0 spiro atoms. The van der Waals surface area contributed by atoms with Crippen LogP contribution < -0.4 is 0 Å². The molecule has 0 saturated heterocycles. The molecule has 72 valence electrons. The first-order chi connectivity index (χ1) is 6.02. The smallest absolute Gasteiger partial charge is 0.768 e. The van der Waals surface area contributed by atoms with Crippen LogP contribution in [0, 0.1) is 0 Å². The molecule has 14 heavy (non-hydrogen) atoms. The number of benzene rings is 1. The Morgan fingerprint density at radius 1 is 1.14 bits per heavy atom. The first-order valence-electron chi connectivity index (χ1n) is 3.04. The molecule has 0 bridgehead atoms. The van der Waals surface area contributed by atoms with E-state index in [0.29, 0.717) is 0 Å². The summed E-state index contributed by atoms with van der Waals surface area (Å²) in [6.07, 6.45) is 0. The van der Waals surface area contributed by atoms with Crippen LogP contribution in [0.1, 0.15) is 0 Å². The van der Waals surface area contributed by atoms with Crippen molar-refractivity contribution in [3.8, 4) is 0 Å². The van der Waals surface area contributed by atoms with Gasteiger partial charge in [0.25, 0.3) is 0 Å². The first kappa shape index (κ1) is 14.4. The van der Waals surface area contributed by atoms with Crippen LogP contribution >= 0.6 is 12.6 Å². The summed E-state index contributed by atoms with van der Waals surface area (Å²) in [4.78, 5) is 0.0320. The van der Waals surface area contributed by atoms with E-state index in [2.05, 4.69) is 12.6 Å². The van der Waals surface area contributed by atoms with Crippen molar-refractivity contribution in [3.63, 3.8) is 0 Å². The number of hydrogen-bond donors (Lipinski definition) is 1. The minimum atomic E-state index is -2.47. The van der Waals surface area contributed by atoms with Crippen molar-refractivity contribution >= 4 is 34.8 Å². The summed E-state index contributed by atoms with van der Waals surface area (Å²) in [5, 5.41) is 0. The number of thiol groups is 1. The quantitative estimate of drug-likeness (QED) is 0.488. The number of hydrogen-bond acceptors (Lipinski definition) is 5. The van der Waals surface area contributed by atoms with E-state index in [-0.39, 0.29) is 34.2 Å². The van der Waals surface area contributed by atoms with Gasteiger partial charge in [-0.05, 0) is 40.4 Å². The molecule has 0 aliphatic rings. The van der Waals surface area contributed by atoms with Crippen molar-refractivity contribution in [2.45, 2.75) is 14.7 Å². The molecule has 0 aromatic heterocycles. The molecule has 2 unspecified atom stereocenters. The van der Waals surface area contributed by atoms with Gasteiger partial charge in [0.1, 0.15) is 0 Å². The topological polar surface area (TPSA) is 80.3 Å². The van der Waals surface area contributed by atoms with Gasteiger partial charge in [-0.1, -0.05) is 0 Å². The Bertz CT molecular complexity index is 381. The molecule has 2 atom stereocenters. The van der Waals surface area contributed by atoms with E-state index in [4.69, 9.17) is 0 Å². The molecule has 1 aromatic rings. The van der Waals surface area contributed by atoms with Gasteiger partial charge in [-0.3, -0.25) is 8.42 Å². The average molecular weight is 302 g/mol. The molecule has 0 amide bonds. The van der Waals surface area contributed by atoms with E-state index in [9.17, 15) is 17.5 Å². The fourth-order valence-electron chi connectivity index (χ4n) is 0.732. The van der Waals surface area contributed by atoms with Crippen LogP contribution in [0.4, 0.5) is 0 Å². The van der Waals surface area contributed by atoms with Crippen LogP contribution in [0.3, 0.4) is 0 Å². The molecule has 0 heterocycles. The van der Waals surface area contributed by atoms with E-state index in [1.54, 1.807) is 0 Å². The summed E-state index contributed by atoms with van der Waals surface area (Å²) in [7, 11) is 0. The molecule has 0 N–H and O–H groups in total. The zero-order valence-electron chi connectivity index (χ0n) is 6.84. The molecule has 0 saturated carbocycles. The van der Waals surface area contributed by atoms with Gasteiger partial charge in [-0.25, -0.2) is 0 Å². The van der Waals surface area contributed by atoms with E-state index in [1.165, 1.54) is 12.1 Å². The normalized spacial score (nSPS) is 14.2. The summed E-state index contributed by atoms with van der Waals surface area (Å²) in [6.45, 7) is 0. The Morgan fingerprint density at radius 3 is 2.14 bits per heavy atom. The monoisotopic (exact) mass is 300 g/mol. The summed E-state index contributed by atoms with van der Waals surface area (Å²) >= 11 is -1.03. The van der Waals surface area contributed by atoms with Gasteiger partial charge < -0.3 is 9.11 Å². The molecule has 4 nitrogen and oxygen atoms in total. The van der Waals surface area contributed by atoms with Gasteiger partial charge in [0, 0.05) is 14.7 Å². The Kier molecular flexibility index (Phi) is 6.28. The molecular weight excluding hydrogens is 298 g/mol. The Labute approximate surface area is 104 Å². The van der Waals surface area contributed by atoms with Crippen LogP contribution in [-0.4, -0.2) is 17.5 Å². The van der Waals surface area contributed by atoms with E-state index in [1.807, 2.05) is 0 Å². The molecular formula is C6H4O4S3Zn. The van der Waals surface area contributed by atoms with Gasteiger partial charge in [0.2, 0.25) is 0 Å². The van der Waals surface area contributed by atoms with Gasteiger partial charge in [-0.2, -0.15) is 0 Å². The third-order valence-electron chi connectivity index (χ3n) is 1.30. The maximum Gasteiger partial charge on any atom is 2.00 e. The summed E-state index contributed by atoms with van der Waals surface area (Å²) in [5.74, 6) is 0. The van der Waals surface area contributed by atoms with Crippen LogP contribution in [0.25, 0.3) is 0 Å². The van der Waals surface area contributed by atoms with Crippen molar-refractivity contribution in [2.24, 2.45) is 0 Å². The van der Waals surface area contributed by atoms with Crippen molar-refractivity contribution < 1.29 is 37.0 Å². The second-order valence-electron chi connectivity index (χ2n) is 2.10. The van der Waals surface area contributed by atoms with Crippen molar-refractivity contribution in [2.75, 3.05) is 0 Å². The van der Waals surface area contributed by atoms with Gasteiger partial charge in [-0.15, -0.1) is 12.6 Å². The minimum absolute atomic E-state index is 0. The molecule has 1 rings (SSSR count). The largest absolute Gasteiger partial charge is 2.00 e. The van der Waals surface area contributed by atoms with Crippen LogP contribution in [0.5, 0.6) is 0 Å². The maximum absolute atomic E-state index is 10.5. The predicted octanol–water partition coefficient (Wildman–Crippen LogP) is 0.449. The molecule has 1 aromatic carbocycles. The second-order valence-corrected chi connectivity index (χ2v) is 4.43. The third-order valence-corrected chi connectivity index (χ3v) is 3.18. The van der Waals surface area contributed by atoms with E-state index in [0.717, 1.165) is 6.07 Å². The van der Waals surface area contributed by atoms with Crippen molar-refractivity contribution in [1.82, 2.24) is 0 Å². The standard InChI is InChI=1S/C6H6O4S3.Zn/c7-12(8)4-1-2-5(11)6(3-4)13(9)10;/h1-3,11H,(H,7,8)(H,9,10);/q;+2/p-2. The Morgan fingerprint density at radius 2 is 1.71 bits per heavy atom. The average Bonchev–Trinajstić information content (AvgIpc) is 2.04. The van der Waals surface area contributed by atoms with Gasteiger partial charge in [0.15, 0.2) is 0 Å². The maximum atomic E-state index is 10.5. The van der Waals surface area contributed by atoms with Gasteiger partial charge in [0.05, 0.1) is 0 Å². The van der Waals surface area contributed by atoms with Crippen LogP contribution in [0.15, 0.2) is 32.9 Å².